The van der Waals surface area contributed by atoms with E-state index in [9.17, 15) is 4.79 Å². The Morgan fingerprint density at radius 1 is 1.69 bits per heavy atom. The maximum absolute atomic E-state index is 10.4. The molecule has 0 bridgehead atoms. The summed E-state index contributed by atoms with van der Waals surface area (Å²) >= 11 is 0. The van der Waals surface area contributed by atoms with Gasteiger partial charge in [-0.15, -0.1) is 0 Å². The van der Waals surface area contributed by atoms with Crippen molar-refractivity contribution in [1.82, 2.24) is 5.01 Å². The van der Waals surface area contributed by atoms with Crippen LogP contribution in [-0.2, 0) is 4.79 Å². The van der Waals surface area contributed by atoms with Gasteiger partial charge in [0.2, 0.25) is 0 Å². The van der Waals surface area contributed by atoms with Gasteiger partial charge in [0.1, 0.15) is 6.54 Å². The summed E-state index contributed by atoms with van der Waals surface area (Å²) in [6, 6.07) is 0. The molecule has 72 valence electrons. The van der Waals surface area contributed by atoms with Crippen molar-refractivity contribution in [3.05, 3.63) is 24.4 Å². The topological polar surface area (TPSA) is 52.9 Å². The summed E-state index contributed by atoms with van der Waals surface area (Å²) in [6.07, 6.45) is 4.47. The molecule has 0 aliphatic carbocycles. The number of hydrogen-bond donors (Lipinski definition) is 1. The Morgan fingerprint density at radius 2 is 2.31 bits per heavy atom. The van der Waals surface area contributed by atoms with Gasteiger partial charge in [0.25, 0.3) is 0 Å². The number of rotatable bonds is 6. The molecule has 0 spiro atoms. The lowest BCUT2D eigenvalue weighted by Gasteiger charge is -2.15. The van der Waals surface area contributed by atoms with E-state index in [0.717, 1.165) is 6.42 Å². The van der Waals surface area contributed by atoms with Crippen LogP contribution < -0.4 is 0 Å². The molecule has 0 aromatic heterocycles. The lowest BCUT2D eigenvalue weighted by molar-refractivity contribution is -0.137. The molecule has 4 heteroatoms. The minimum Gasteiger partial charge on any atom is -0.480 e. The van der Waals surface area contributed by atoms with Crippen LogP contribution in [0, 0.1) is 0 Å². The molecule has 4 nitrogen and oxygen atoms in total. The van der Waals surface area contributed by atoms with Crippen molar-refractivity contribution < 1.29 is 9.90 Å². The Morgan fingerprint density at radius 3 is 2.69 bits per heavy atom. The van der Waals surface area contributed by atoms with Gasteiger partial charge in [0.15, 0.2) is 0 Å². The van der Waals surface area contributed by atoms with E-state index >= 15 is 0 Å². The summed E-state index contributed by atoms with van der Waals surface area (Å²) < 4.78 is 0. The number of hydrogen-bond acceptors (Lipinski definition) is 3. The standard InChI is InChI=1S/C9H14N2O2/c1-4-5-6-8(2)11(10-3)7-9(12)13/h5-6H,2-4,7H2,1H3,(H,12,13)/b6-5-. The van der Waals surface area contributed by atoms with Gasteiger partial charge in [-0.3, -0.25) is 9.80 Å². The van der Waals surface area contributed by atoms with E-state index in [0.29, 0.717) is 5.70 Å². The highest BCUT2D eigenvalue weighted by Gasteiger charge is 2.06. The van der Waals surface area contributed by atoms with Crippen molar-refractivity contribution in [1.29, 1.82) is 0 Å². The maximum atomic E-state index is 10.4. The number of carbonyl (C=O) groups is 1. The van der Waals surface area contributed by atoms with Crippen LogP contribution in [0.4, 0.5) is 0 Å². The predicted molar refractivity (Wildman–Crippen MR) is 52.5 cm³/mol. The minimum absolute atomic E-state index is 0.212. The minimum atomic E-state index is -0.960. The van der Waals surface area contributed by atoms with Gasteiger partial charge >= 0.3 is 5.97 Å². The summed E-state index contributed by atoms with van der Waals surface area (Å²) in [4.78, 5) is 10.4. The van der Waals surface area contributed by atoms with Gasteiger partial charge in [-0.1, -0.05) is 19.6 Å². The number of nitrogens with zero attached hydrogens (tertiary/aromatic N) is 2. The van der Waals surface area contributed by atoms with Crippen LogP contribution in [0.2, 0.25) is 0 Å². The molecular formula is C9H14N2O2. The molecule has 0 atom stereocenters. The lowest BCUT2D eigenvalue weighted by atomic mass is 10.3. The third-order valence-corrected chi connectivity index (χ3v) is 1.33. The van der Waals surface area contributed by atoms with Crippen LogP contribution >= 0.6 is 0 Å². The molecule has 0 amide bonds. The molecular weight excluding hydrogens is 168 g/mol. The smallest absolute Gasteiger partial charge is 0.325 e. The third kappa shape index (κ3) is 4.79. The van der Waals surface area contributed by atoms with Gasteiger partial charge < -0.3 is 5.11 Å². The van der Waals surface area contributed by atoms with Crippen LogP contribution in [0.3, 0.4) is 0 Å². The van der Waals surface area contributed by atoms with E-state index in [1.807, 2.05) is 13.0 Å². The molecule has 0 rings (SSSR count). The zero-order chi connectivity index (χ0) is 10.3. The summed E-state index contributed by atoms with van der Waals surface area (Å²) in [5, 5.41) is 13.3. The summed E-state index contributed by atoms with van der Waals surface area (Å²) in [5.41, 5.74) is 0.527. The Balaban J connectivity index is 4.23. The average molecular weight is 182 g/mol. The van der Waals surface area contributed by atoms with Crippen molar-refractivity contribution in [2.45, 2.75) is 13.3 Å². The van der Waals surface area contributed by atoms with E-state index in [1.54, 1.807) is 6.08 Å². The van der Waals surface area contributed by atoms with Gasteiger partial charge in [0, 0.05) is 6.72 Å². The second-order valence-corrected chi connectivity index (χ2v) is 2.39. The molecule has 0 aromatic rings. The van der Waals surface area contributed by atoms with Crippen molar-refractivity contribution in [2.75, 3.05) is 6.54 Å². The zero-order valence-corrected chi connectivity index (χ0v) is 7.73. The Kier molecular flexibility index (Phi) is 5.27. The van der Waals surface area contributed by atoms with E-state index in [-0.39, 0.29) is 6.54 Å². The van der Waals surface area contributed by atoms with Gasteiger partial charge in [-0.05, 0) is 12.5 Å². The monoisotopic (exact) mass is 182 g/mol. The zero-order valence-electron chi connectivity index (χ0n) is 7.73. The Bertz CT molecular complexity index is 234. The van der Waals surface area contributed by atoms with E-state index in [2.05, 4.69) is 18.4 Å². The van der Waals surface area contributed by atoms with Crippen LogP contribution in [0.1, 0.15) is 13.3 Å². The summed E-state index contributed by atoms with van der Waals surface area (Å²) in [7, 11) is 0. The van der Waals surface area contributed by atoms with Crippen LogP contribution in [-0.4, -0.2) is 29.3 Å². The van der Waals surface area contributed by atoms with E-state index in [4.69, 9.17) is 5.11 Å². The second-order valence-electron chi connectivity index (χ2n) is 2.39. The molecule has 0 fully saturated rings. The molecule has 0 radical (unpaired) electrons. The average Bonchev–Trinajstić information content (AvgIpc) is 2.09. The number of carboxylic acid groups (broad SMARTS) is 1. The summed E-state index contributed by atoms with van der Waals surface area (Å²) in [6.45, 7) is 8.69. The SMILES string of the molecule is C=NN(CC(=O)O)C(=C)/C=C\CC. The summed E-state index contributed by atoms with van der Waals surface area (Å²) in [5.74, 6) is -0.960. The number of aliphatic carboxylic acids is 1. The predicted octanol–water partition coefficient (Wildman–Crippen LogP) is 1.47. The highest BCUT2D eigenvalue weighted by Crippen LogP contribution is 2.03. The molecule has 0 heterocycles. The fourth-order valence-corrected chi connectivity index (χ4v) is 0.710. The highest BCUT2D eigenvalue weighted by molar-refractivity contribution is 5.69. The van der Waals surface area contributed by atoms with Gasteiger partial charge in [-0.2, -0.15) is 5.10 Å². The largest absolute Gasteiger partial charge is 0.480 e. The van der Waals surface area contributed by atoms with Crippen LogP contribution in [0.5, 0.6) is 0 Å². The molecule has 13 heavy (non-hydrogen) atoms. The van der Waals surface area contributed by atoms with Gasteiger partial charge in [0.05, 0.1) is 5.70 Å². The first-order chi connectivity index (χ1) is 6.11. The van der Waals surface area contributed by atoms with E-state index < -0.39 is 5.97 Å². The first-order valence-electron chi connectivity index (χ1n) is 3.93. The molecule has 0 unspecified atom stereocenters. The number of allylic oxidation sites excluding steroid dienone is 2. The van der Waals surface area contributed by atoms with E-state index in [1.165, 1.54) is 5.01 Å². The molecule has 0 aliphatic rings. The van der Waals surface area contributed by atoms with Crippen LogP contribution in [0.25, 0.3) is 0 Å². The molecule has 0 saturated heterocycles. The van der Waals surface area contributed by atoms with Crippen molar-refractivity contribution in [3.8, 4) is 0 Å². The highest BCUT2D eigenvalue weighted by atomic mass is 16.4. The maximum Gasteiger partial charge on any atom is 0.325 e. The molecule has 0 aliphatic heterocycles. The van der Waals surface area contributed by atoms with Crippen molar-refractivity contribution >= 4 is 12.7 Å². The van der Waals surface area contributed by atoms with Crippen molar-refractivity contribution in [2.24, 2.45) is 5.10 Å². The Labute approximate surface area is 77.9 Å². The third-order valence-electron chi connectivity index (χ3n) is 1.33. The fraction of sp³-hybridized carbons (Fsp3) is 0.333. The second kappa shape index (κ2) is 5.99. The molecule has 0 saturated carbocycles. The first-order valence-corrected chi connectivity index (χ1v) is 3.93. The lowest BCUT2D eigenvalue weighted by Crippen LogP contribution is -2.22. The Hall–Kier alpha value is -1.58. The number of carboxylic acids is 1. The number of hydrazone groups is 1. The van der Waals surface area contributed by atoms with Crippen LogP contribution in [0.15, 0.2) is 29.5 Å². The normalized spacial score (nSPS) is 9.92. The quantitative estimate of drug-likeness (QED) is 0.384. The molecule has 1 N–H and O–H groups in total. The van der Waals surface area contributed by atoms with Crippen molar-refractivity contribution in [3.63, 3.8) is 0 Å². The van der Waals surface area contributed by atoms with Gasteiger partial charge in [-0.25, -0.2) is 0 Å². The fourth-order valence-electron chi connectivity index (χ4n) is 0.710. The molecule has 0 aromatic carbocycles. The first kappa shape index (κ1) is 11.4.